The molecule has 22 heavy (non-hydrogen) atoms. The lowest BCUT2D eigenvalue weighted by molar-refractivity contribution is 0.598. The first-order valence-electron chi connectivity index (χ1n) is 6.80. The number of nitrogens with one attached hydrogen (secondary N) is 1. The van der Waals surface area contributed by atoms with Crippen molar-refractivity contribution >= 4 is 21.8 Å². The monoisotopic (exact) mass is 321 g/mol. The van der Waals surface area contributed by atoms with E-state index in [1.54, 1.807) is 12.1 Å². The van der Waals surface area contributed by atoms with Crippen molar-refractivity contribution in [3.05, 3.63) is 41.1 Å². The van der Waals surface area contributed by atoms with Crippen molar-refractivity contribution in [1.82, 2.24) is 9.97 Å². The molecule has 0 amide bonds. The Kier molecular flexibility index (Phi) is 4.62. The first kappa shape index (κ1) is 16.2. The lowest BCUT2D eigenvalue weighted by Crippen LogP contribution is -2.12. The summed E-state index contributed by atoms with van der Waals surface area (Å²) in [4.78, 5) is 8.47. The van der Waals surface area contributed by atoms with E-state index < -0.39 is 10.0 Å². The number of primary sulfonamides is 1. The zero-order chi connectivity index (χ0) is 16.3. The molecule has 0 saturated carbocycles. The summed E-state index contributed by atoms with van der Waals surface area (Å²) in [6.45, 7) is 4.43. The Morgan fingerprint density at radius 2 is 1.82 bits per heavy atom. The van der Waals surface area contributed by atoms with Crippen molar-refractivity contribution in [3.8, 4) is 0 Å². The molecule has 1 aromatic heterocycles. The molecule has 0 atom stereocenters. The van der Waals surface area contributed by atoms with Crippen molar-refractivity contribution in [3.63, 3.8) is 0 Å². The molecule has 0 radical (unpaired) electrons. The summed E-state index contributed by atoms with van der Waals surface area (Å²) in [6, 6.07) is 6.36. The fourth-order valence-electron chi connectivity index (χ4n) is 2.08. The van der Waals surface area contributed by atoms with E-state index in [4.69, 9.17) is 10.9 Å². The molecule has 0 aliphatic carbocycles. The molecule has 1 aromatic carbocycles. The van der Waals surface area contributed by atoms with E-state index in [2.05, 4.69) is 15.3 Å². The van der Waals surface area contributed by atoms with Gasteiger partial charge in [0.25, 0.3) is 0 Å². The van der Waals surface area contributed by atoms with E-state index in [-0.39, 0.29) is 10.8 Å². The van der Waals surface area contributed by atoms with Crippen LogP contribution in [0, 0.1) is 6.92 Å². The quantitative estimate of drug-likeness (QED) is 0.760. The highest BCUT2D eigenvalue weighted by molar-refractivity contribution is 7.89. The highest BCUT2D eigenvalue weighted by Gasteiger charge is 2.09. The van der Waals surface area contributed by atoms with Crippen molar-refractivity contribution in [2.24, 2.45) is 5.14 Å². The largest absolute Gasteiger partial charge is 0.368 e. The number of hydrogen-bond acceptors (Lipinski definition) is 6. The summed E-state index contributed by atoms with van der Waals surface area (Å²) in [5.41, 5.74) is 8.46. The van der Waals surface area contributed by atoms with Crippen LogP contribution >= 0.6 is 0 Å². The second kappa shape index (κ2) is 6.29. The van der Waals surface area contributed by atoms with Crippen LogP contribution in [-0.2, 0) is 23.0 Å². The minimum atomic E-state index is -3.67. The summed E-state index contributed by atoms with van der Waals surface area (Å²) in [5.74, 6) is 0.911. The molecule has 2 rings (SSSR count). The molecule has 0 aliphatic rings. The molecule has 1 heterocycles. The smallest absolute Gasteiger partial charge is 0.238 e. The molecule has 5 N–H and O–H groups in total. The molecule has 0 spiro atoms. The fraction of sp³-hybridized carbons (Fsp3) is 0.286. The van der Waals surface area contributed by atoms with Crippen molar-refractivity contribution in [2.45, 2.75) is 31.7 Å². The second-order valence-electron chi connectivity index (χ2n) is 4.90. The summed E-state index contributed by atoms with van der Waals surface area (Å²) in [7, 11) is -3.67. The average Bonchev–Trinajstić information content (AvgIpc) is 2.47. The Bertz CT molecular complexity index is 773. The second-order valence-corrected chi connectivity index (χ2v) is 6.46. The van der Waals surface area contributed by atoms with Gasteiger partial charge < -0.3 is 11.1 Å². The number of nitrogens with two attached hydrogens (primary N) is 2. The zero-order valence-corrected chi connectivity index (χ0v) is 13.3. The molecule has 0 aliphatic heterocycles. The Labute approximate surface area is 129 Å². The van der Waals surface area contributed by atoms with Crippen molar-refractivity contribution < 1.29 is 8.42 Å². The number of rotatable bonds is 5. The lowest BCUT2D eigenvalue weighted by atomic mass is 10.2. The maximum atomic E-state index is 11.2. The molecule has 0 saturated heterocycles. The molecule has 0 fully saturated rings. The number of nitrogen functional groups attached to an aromatic ring is 1. The number of sulfonamides is 1. The summed E-state index contributed by atoms with van der Waals surface area (Å²) in [6.07, 6.45) is 0.774. The van der Waals surface area contributed by atoms with Crippen LogP contribution in [0.15, 0.2) is 29.2 Å². The molecule has 8 heteroatoms. The maximum Gasteiger partial charge on any atom is 0.238 e. The third-order valence-electron chi connectivity index (χ3n) is 3.31. The first-order chi connectivity index (χ1) is 10.3. The predicted molar refractivity (Wildman–Crippen MR) is 85.7 cm³/mol. The lowest BCUT2D eigenvalue weighted by Gasteiger charge is -2.12. The number of anilines is 2. The van der Waals surface area contributed by atoms with E-state index in [1.807, 2.05) is 13.8 Å². The van der Waals surface area contributed by atoms with Gasteiger partial charge in [-0.15, -0.1) is 0 Å². The van der Waals surface area contributed by atoms with Gasteiger partial charge in [-0.05, 0) is 31.0 Å². The fourth-order valence-corrected chi connectivity index (χ4v) is 2.60. The minimum Gasteiger partial charge on any atom is -0.368 e. The Morgan fingerprint density at radius 1 is 1.18 bits per heavy atom. The molecule has 0 bridgehead atoms. The van der Waals surface area contributed by atoms with Crippen LogP contribution in [0.2, 0.25) is 0 Å². The molecule has 2 aromatic rings. The van der Waals surface area contributed by atoms with Crippen LogP contribution in [0.5, 0.6) is 0 Å². The van der Waals surface area contributed by atoms with E-state index >= 15 is 0 Å². The SMILES string of the molecule is CCc1nc(N)nc(NCc2ccc(S(N)(=O)=O)cc2)c1C. The number of aryl methyl sites for hydroxylation is 1. The van der Waals surface area contributed by atoms with E-state index in [0.717, 1.165) is 23.2 Å². The normalized spacial score (nSPS) is 11.4. The molecule has 7 nitrogen and oxygen atoms in total. The van der Waals surface area contributed by atoms with Gasteiger partial charge in [-0.2, -0.15) is 4.98 Å². The Morgan fingerprint density at radius 3 is 2.36 bits per heavy atom. The van der Waals surface area contributed by atoms with Gasteiger partial charge in [0.15, 0.2) is 0 Å². The Balaban J connectivity index is 2.15. The Hall–Kier alpha value is -2.19. The predicted octanol–water partition coefficient (Wildman–Crippen LogP) is 1.19. The van der Waals surface area contributed by atoms with Gasteiger partial charge >= 0.3 is 0 Å². The van der Waals surface area contributed by atoms with Gasteiger partial charge in [0.1, 0.15) is 5.82 Å². The van der Waals surface area contributed by atoms with Gasteiger partial charge in [-0.1, -0.05) is 19.1 Å². The van der Waals surface area contributed by atoms with E-state index in [9.17, 15) is 8.42 Å². The van der Waals surface area contributed by atoms with Gasteiger partial charge in [-0.25, -0.2) is 18.5 Å². The van der Waals surface area contributed by atoms with Crippen molar-refractivity contribution in [2.75, 3.05) is 11.1 Å². The van der Waals surface area contributed by atoms with Gasteiger partial charge in [0, 0.05) is 12.1 Å². The average molecular weight is 321 g/mol. The zero-order valence-electron chi connectivity index (χ0n) is 12.5. The van der Waals surface area contributed by atoms with Crippen LogP contribution in [0.3, 0.4) is 0 Å². The van der Waals surface area contributed by atoms with Gasteiger partial charge in [-0.3, -0.25) is 0 Å². The van der Waals surface area contributed by atoms with Crippen LogP contribution in [0.1, 0.15) is 23.7 Å². The first-order valence-corrected chi connectivity index (χ1v) is 8.34. The third kappa shape index (κ3) is 3.71. The molecule has 0 unspecified atom stereocenters. The molecular weight excluding hydrogens is 302 g/mol. The van der Waals surface area contributed by atoms with E-state index in [0.29, 0.717) is 12.4 Å². The number of aromatic nitrogens is 2. The summed E-state index contributed by atoms with van der Waals surface area (Å²) >= 11 is 0. The molecule has 118 valence electrons. The van der Waals surface area contributed by atoms with Crippen molar-refractivity contribution in [1.29, 1.82) is 0 Å². The van der Waals surface area contributed by atoms with Gasteiger partial charge in [0.2, 0.25) is 16.0 Å². The van der Waals surface area contributed by atoms with Crippen LogP contribution in [0.4, 0.5) is 11.8 Å². The third-order valence-corrected chi connectivity index (χ3v) is 4.24. The number of hydrogen-bond donors (Lipinski definition) is 3. The van der Waals surface area contributed by atoms with Crippen LogP contribution in [-0.4, -0.2) is 18.4 Å². The highest BCUT2D eigenvalue weighted by Crippen LogP contribution is 2.18. The van der Waals surface area contributed by atoms with Crippen LogP contribution < -0.4 is 16.2 Å². The highest BCUT2D eigenvalue weighted by atomic mass is 32.2. The summed E-state index contributed by atoms with van der Waals surface area (Å²) < 4.78 is 22.4. The summed E-state index contributed by atoms with van der Waals surface area (Å²) in [5, 5.41) is 8.26. The van der Waals surface area contributed by atoms with E-state index in [1.165, 1.54) is 12.1 Å². The van der Waals surface area contributed by atoms with Crippen LogP contribution in [0.25, 0.3) is 0 Å². The number of nitrogens with zero attached hydrogens (tertiary/aromatic N) is 2. The topological polar surface area (TPSA) is 124 Å². The number of benzene rings is 1. The minimum absolute atomic E-state index is 0.0898. The molecular formula is C14H19N5O2S. The van der Waals surface area contributed by atoms with Gasteiger partial charge in [0.05, 0.1) is 10.6 Å². The maximum absolute atomic E-state index is 11.2. The standard InChI is InChI=1S/C14H19N5O2S/c1-3-12-9(2)13(19-14(15)18-12)17-8-10-4-6-11(7-5-10)22(16,20)21/h4-7H,3,8H2,1-2H3,(H2,16,20,21)(H3,15,17,18,19).